The van der Waals surface area contributed by atoms with Crippen molar-refractivity contribution in [1.82, 2.24) is 41.5 Å². The van der Waals surface area contributed by atoms with Crippen LogP contribution in [0.3, 0.4) is 0 Å². The number of aromatic nitrogens is 4. The van der Waals surface area contributed by atoms with Gasteiger partial charge in [-0.1, -0.05) is 31.4 Å². The molecule has 1 unspecified atom stereocenters. The van der Waals surface area contributed by atoms with E-state index in [-0.39, 0.29) is 42.4 Å². The second-order valence-electron chi connectivity index (χ2n) is 14.5. The zero-order valence-electron chi connectivity index (χ0n) is 29.0. The van der Waals surface area contributed by atoms with Crippen LogP contribution in [0.4, 0.5) is 0 Å². The number of likely N-dealkylation sites (tertiary alicyclic amines) is 1. The summed E-state index contributed by atoms with van der Waals surface area (Å²) in [4.78, 5) is 41.7. The summed E-state index contributed by atoms with van der Waals surface area (Å²) >= 11 is 0. The molecule has 2 saturated carbocycles. The summed E-state index contributed by atoms with van der Waals surface area (Å²) in [7, 11) is 0. The highest BCUT2D eigenvalue weighted by Crippen LogP contribution is 2.49. The van der Waals surface area contributed by atoms with Gasteiger partial charge in [0.05, 0.1) is 18.0 Å². The number of rotatable bonds is 11. The number of aryl methyl sites for hydroxylation is 2. The maximum atomic E-state index is 13.8. The van der Waals surface area contributed by atoms with Crippen LogP contribution in [0, 0.1) is 23.2 Å². The third-order valence-corrected chi connectivity index (χ3v) is 11.5. The molecule has 2 heterocycles. The average Bonchev–Trinajstić information content (AvgIpc) is 3.51. The summed E-state index contributed by atoms with van der Waals surface area (Å²) in [5, 5.41) is 35.3. The van der Waals surface area contributed by atoms with E-state index in [9.17, 15) is 19.6 Å². The van der Waals surface area contributed by atoms with E-state index in [1.807, 2.05) is 55.1 Å². The fourth-order valence-electron chi connectivity index (χ4n) is 9.08. The molecule has 7 rings (SSSR count). The van der Waals surface area contributed by atoms with Crippen molar-refractivity contribution in [2.24, 2.45) is 11.8 Å². The molecule has 262 valence electrons. The Labute approximate surface area is 293 Å². The van der Waals surface area contributed by atoms with Gasteiger partial charge in [0, 0.05) is 36.3 Å². The van der Waals surface area contributed by atoms with Crippen molar-refractivity contribution in [2.45, 2.75) is 102 Å². The van der Waals surface area contributed by atoms with Gasteiger partial charge in [-0.2, -0.15) is 5.26 Å². The molecule has 0 bridgehead atoms. The van der Waals surface area contributed by atoms with E-state index in [1.54, 1.807) is 0 Å². The summed E-state index contributed by atoms with van der Waals surface area (Å²) in [6.45, 7) is 5.02. The third-order valence-electron chi connectivity index (χ3n) is 11.5. The predicted octanol–water partition coefficient (Wildman–Crippen LogP) is 3.57. The molecule has 12 heteroatoms. The number of hydrogen-bond donors (Lipinski definition) is 4. The Morgan fingerprint density at radius 1 is 0.960 bits per heavy atom. The number of carbonyl (C=O) groups is 3. The molecule has 3 aromatic rings. The molecule has 12 nitrogen and oxygen atoms in total. The van der Waals surface area contributed by atoms with Crippen LogP contribution in [0.1, 0.15) is 114 Å². The van der Waals surface area contributed by atoms with Crippen LogP contribution >= 0.6 is 0 Å². The first kappa shape index (κ1) is 33.8. The molecule has 0 spiro atoms. The van der Waals surface area contributed by atoms with Gasteiger partial charge in [-0.15, -0.1) is 5.10 Å². The van der Waals surface area contributed by atoms with Gasteiger partial charge in [-0.3, -0.25) is 14.4 Å². The number of nitrogens with one attached hydrogen (secondary N) is 4. The Morgan fingerprint density at radius 2 is 1.60 bits per heavy atom. The number of tetrazole rings is 1. The number of benzene rings is 2. The highest BCUT2D eigenvalue weighted by Gasteiger charge is 2.54. The third kappa shape index (κ3) is 6.28. The van der Waals surface area contributed by atoms with Crippen molar-refractivity contribution >= 4 is 17.7 Å². The van der Waals surface area contributed by atoms with Crippen LogP contribution in [-0.2, 0) is 23.1 Å². The zero-order valence-corrected chi connectivity index (χ0v) is 29.0. The number of carbonyl (C=O) groups excluding carboxylic acids is 3. The quantitative estimate of drug-likeness (QED) is 0.239. The van der Waals surface area contributed by atoms with Crippen LogP contribution in [-0.4, -0.2) is 81.0 Å². The number of nitriles is 1. The van der Waals surface area contributed by atoms with Gasteiger partial charge in [-0.05, 0) is 128 Å². The molecule has 4 aliphatic rings. The lowest BCUT2D eigenvalue weighted by atomic mass is 9.65. The van der Waals surface area contributed by atoms with E-state index in [0.717, 1.165) is 60.8 Å². The van der Waals surface area contributed by atoms with Crippen molar-refractivity contribution < 1.29 is 14.4 Å². The Hall–Kier alpha value is -4.63. The van der Waals surface area contributed by atoms with Gasteiger partial charge in [0.25, 0.3) is 11.8 Å². The number of amides is 3. The smallest absolute Gasteiger partial charge is 0.251 e. The molecule has 1 saturated heterocycles. The van der Waals surface area contributed by atoms with Gasteiger partial charge >= 0.3 is 0 Å². The molecular formula is C38H47N9O3. The second-order valence-corrected chi connectivity index (χ2v) is 14.5. The largest absolute Gasteiger partial charge is 0.352 e. The molecule has 1 aromatic heterocycles. The molecule has 1 aliphatic heterocycles. The van der Waals surface area contributed by atoms with Gasteiger partial charge in [0.1, 0.15) is 6.04 Å². The normalized spacial score (nSPS) is 22.7. The van der Waals surface area contributed by atoms with Crippen LogP contribution in [0.15, 0.2) is 36.4 Å². The predicted molar refractivity (Wildman–Crippen MR) is 186 cm³/mol. The molecule has 2 aromatic carbocycles. The first-order valence-electron chi connectivity index (χ1n) is 18.4. The lowest BCUT2D eigenvalue weighted by molar-refractivity contribution is -0.131. The van der Waals surface area contributed by atoms with Crippen molar-refractivity contribution in [2.75, 3.05) is 19.6 Å². The molecular weight excluding hydrogens is 630 g/mol. The standard InChI is InChI=1S/C38H47N9O3/c1-3-40-35(49)26-12-14-30-24(16-26)10-11-25-17-27(36(50)41-4-2)13-15-31(25)38(30,37-43-45-46-44-37)20-32(23-8-6-5-7-9-23)42-22-34(48)47-29(21-39)18-28-19-33(28)47/h12-17,23,28-29,32-33,42H,3-11,18-20,22H2,1-2H3,(H,40,49)(H,41,50)(H,43,44,45,46)/t28-,29?,32-,33+/m1/s1. The van der Waals surface area contributed by atoms with Gasteiger partial charge in [0.15, 0.2) is 5.82 Å². The summed E-state index contributed by atoms with van der Waals surface area (Å²) < 4.78 is 0. The van der Waals surface area contributed by atoms with E-state index in [0.29, 0.717) is 61.1 Å². The van der Waals surface area contributed by atoms with Crippen molar-refractivity contribution in [1.29, 1.82) is 5.26 Å². The van der Waals surface area contributed by atoms with Crippen LogP contribution in [0.25, 0.3) is 0 Å². The lowest BCUT2D eigenvalue weighted by Gasteiger charge is -2.41. The Morgan fingerprint density at radius 3 is 2.16 bits per heavy atom. The van der Waals surface area contributed by atoms with Crippen LogP contribution in [0.2, 0.25) is 0 Å². The minimum absolute atomic E-state index is 0.0161. The first-order chi connectivity index (χ1) is 24.4. The molecule has 4 atom stereocenters. The number of aromatic amines is 1. The van der Waals surface area contributed by atoms with Crippen molar-refractivity contribution in [3.8, 4) is 6.07 Å². The van der Waals surface area contributed by atoms with E-state index in [2.05, 4.69) is 42.6 Å². The highest BCUT2D eigenvalue weighted by atomic mass is 16.2. The summed E-state index contributed by atoms with van der Waals surface area (Å²) in [6, 6.07) is 13.9. The number of piperidine rings is 1. The lowest BCUT2D eigenvalue weighted by Crippen LogP contribution is -2.50. The fourth-order valence-corrected chi connectivity index (χ4v) is 9.08. The molecule has 4 N–H and O–H groups in total. The molecule has 3 amide bonds. The zero-order chi connectivity index (χ0) is 34.8. The Kier molecular flexibility index (Phi) is 9.69. The minimum atomic E-state index is -0.882. The summed E-state index contributed by atoms with van der Waals surface area (Å²) in [5.41, 5.74) is 4.36. The van der Waals surface area contributed by atoms with E-state index in [4.69, 9.17) is 0 Å². The molecule has 0 radical (unpaired) electrons. The fraction of sp³-hybridized carbons (Fsp3) is 0.553. The molecule has 3 aliphatic carbocycles. The number of nitrogens with zero attached hydrogens (tertiary/aromatic N) is 5. The van der Waals surface area contributed by atoms with E-state index in [1.165, 1.54) is 6.42 Å². The topological polar surface area (TPSA) is 169 Å². The SMILES string of the molecule is CCNC(=O)c1ccc2c(c1)CCc1cc(C(=O)NCC)ccc1C2(C[C@@H](NCC(=O)N1C(C#N)C[C@@H]2C[C@@H]21)C1CCCCC1)c1nnn[nH]1. The van der Waals surface area contributed by atoms with Gasteiger partial charge in [0.2, 0.25) is 5.91 Å². The molecule has 3 fully saturated rings. The molecule has 50 heavy (non-hydrogen) atoms. The second kappa shape index (κ2) is 14.3. The maximum absolute atomic E-state index is 13.8. The highest BCUT2D eigenvalue weighted by molar-refractivity contribution is 5.95. The van der Waals surface area contributed by atoms with Gasteiger partial charge < -0.3 is 20.9 Å². The monoisotopic (exact) mass is 677 g/mol. The summed E-state index contributed by atoms with van der Waals surface area (Å²) in [6.07, 6.45) is 9.14. The summed E-state index contributed by atoms with van der Waals surface area (Å²) in [5.74, 6) is 1.07. The van der Waals surface area contributed by atoms with E-state index >= 15 is 0 Å². The number of fused-ring (bicyclic) bond motifs is 3. The first-order valence-corrected chi connectivity index (χ1v) is 18.4. The van der Waals surface area contributed by atoms with Crippen LogP contribution < -0.4 is 16.0 Å². The number of H-pyrrole nitrogens is 1. The Bertz CT molecular complexity index is 1710. The van der Waals surface area contributed by atoms with Gasteiger partial charge in [-0.25, -0.2) is 5.10 Å². The van der Waals surface area contributed by atoms with Crippen molar-refractivity contribution in [3.05, 3.63) is 75.6 Å². The minimum Gasteiger partial charge on any atom is -0.352 e. The number of hydrogen-bond acceptors (Lipinski definition) is 8. The van der Waals surface area contributed by atoms with Crippen LogP contribution in [0.5, 0.6) is 0 Å². The van der Waals surface area contributed by atoms with Crippen molar-refractivity contribution in [3.63, 3.8) is 0 Å². The maximum Gasteiger partial charge on any atom is 0.251 e. The Balaban J connectivity index is 1.34. The van der Waals surface area contributed by atoms with E-state index < -0.39 is 5.41 Å². The average molecular weight is 678 g/mol.